The van der Waals surface area contributed by atoms with E-state index < -0.39 is 0 Å². The number of thiophene rings is 1. The summed E-state index contributed by atoms with van der Waals surface area (Å²) in [5.74, 6) is 0. The summed E-state index contributed by atoms with van der Waals surface area (Å²) in [7, 11) is 5.46. The quantitative estimate of drug-likeness (QED) is 0.489. The molecule has 0 aliphatic carbocycles. The second kappa shape index (κ2) is 2.36. The number of rotatable bonds is 1. The fourth-order valence-electron chi connectivity index (χ4n) is 0.583. The summed E-state index contributed by atoms with van der Waals surface area (Å²) in [6.45, 7) is 2.13. The molecule has 40 valence electrons. The molecule has 2 radical (unpaired) electrons. The van der Waals surface area contributed by atoms with Crippen LogP contribution in [-0.2, 0) is 6.42 Å². The zero-order valence-electron chi connectivity index (χ0n) is 4.85. The third-order valence-electron chi connectivity index (χ3n) is 1.02. The van der Waals surface area contributed by atoms with E-state index in [1.54, 1.807) is 11.3 Å². The highest BCUT2D eigenvalue weighted by Crippen LogP contribution is 2.05. The summed E-state index contributed by atoms with van der Waals surface area (Å²) < 4.78 is 0. The third-order valence-corrected chi connectivity index (χ3v) is 2.12. The summed E-state index contributed by atoms with van der Waals surface area (Å²) in [6, 6.07) is 2.02. The van der Waals surface area contributed by atoms with Crippen molar-refractivity contribution in [1.29, 1.82) is 0 Å². The molecule has 1 aromatic heterocycles. The fourth-order valence-corrected chi connectivity index (χ4v) is 1.31. The minimum Gasteiger partial charge on any atom is -0.150 e. The molecule has 0 saturated heterocycles. The lowest BCUT2D eigenvalue weighted by atomic mass is 10.0. The van der Waals surface area contributed by atoms with E-state index in [-0.39, 0.29) is 0 Å². The van der Waals surface area contributed by atoms with Gasteiger partial charge in [0, 0.05) is 4.88 Å². The Morgan fingerprint density at radius 1 is 1.75 bits per heavy atom. The van der Waals surface area contributed by atoms with E-state index in [0.29, 0.717) is 0 Å². The lowest BCUT2D eigenvalue weighted by Crippen LogP contribution is -1.93. The minimum atomic E-state index is 0.895. The maximum Gasteiger partial charge on any atom is 0.114 e. The SMILES string of the molecule is [B]c1csc(CC)c1. The fraction of sp³-hybridized carbons (Fsp3) is 0.333. The van der Waals surface area contributed by atoms with Crippen LogP contribution in [0, 0.1) is 0 Å². The maximum absolute atomic E-state index is 5.46. The predicted molar refractivity (Wildman–Crippen MR) is 39.1 cm³/mol. The second-order valence-corrected chi connectivity index (χ2v) is 2.70. The Hall–Kier alpha value is -0.235. The van der Waals surface area contributed by atoms with Crippen molar-refractivity contribution >= 4 is 24.6 Å². The number of aryl methyl sites for hydroxylation is 1. The van der Waals surface area contributed by atoms with E-state index in [9.17, 15) is 0 Å². The zero-order chi connectivity index (χ0) is 5.98. The highest BCUT2D eigenvalue weighted by Gasteiger charge is 1.89. The van der Waals surface area contributed by atoms with Gasteiger partial charge in [-0.25, -0.2) is 0 Å². The van der Waals surface area contributed by atoms with Gasteiger partial charge in [-0.3, -0.25) is 0 Å². The van der Waals surface area contributed by atoms with E-state index in [0.717, 1.165) is 11.9 Å². The van der Waals surface area contributed by atoms with Gasteiger partial charge in [0.2, 0.25) is 0 Å². The number of hydrogen-bond acceptors (Lipinski definition) is 1. The Balaban J connectivity index is 2.84. The van der Waals surface area contributed by atoms with Crippen LogP contribution in [0.3, 0.4) is 0 Å². The van der Waals surface area contributed by atoms with E-state index in [1.165, 1.54) is 4.88 Å². The standard InChI is InChI=1S/C6H7BS/c1-2-6-3-5(7)4-8-6/h3-4H,2H2,1H3. The van der Waals surface area contributed by atoms with Crippen LogP contribution in [0.4, 0.5) is 0 Å². The molecule has 2 heteroatoms. The maximum atomic E-state index is 5.46. The average molecular weight is 122 g/mol. The molecule has 0 amide bonds. The lowest BCUT2D eigenvalue weighted by molar-refractivity contribution is 1.19. The van der Waals surface area contributed by atoms with Crippen LogP contribution in [0.15, 0.2) is 11.4 Å². The van der Waals surface area contributed by atoms with Crippen molar-refractivity contribution in [3.05, 3.63) is 16.3 Å². The molecule has 0 aliphatic heterocycles. The van der Waals surface area contributed by atoms with E-state index in [1.807, 2.05) is 11.4 Å². The van der Waals surface area contributed by atoms with E-state index in [4.69, 9.17) is 7.85 Å². The van der Waals surface area contributed by atoms with Gasteiger partial charge in [0.25, 0.3) is 0 Å². The molecule has 1 rings (SSSR count). The third kappa shape index (κ3) is 1.13. The molecule has 8 heavy (non-hydrogen) atoms. The van der Waals surface area contributed by atoms with Crippen molar-refractivity contribution in [3.63, 3.8) is 0 Å². The predicted octanol–water partition coefficient (Wildman–Crippen LogP) is 1.10. The molecule has 0 aromatic carbocycles. The van der Waals surface area contributed by atoms with Gasteiger partial charge in [0.15, 0.2) is 0 Å². The molecule has 0 fully saturated rings. The van der Waals surface area contributed by atoms with Gasteiger partial charge in [-0.2, -0.15) is 0 Å². The molecule has 0 saturated carbocycles. The Morgan fingerprint density at radius 2 is 2.50 bits per heavy atom. The van der Waals surface area contributed by atoms with Crippen molar-refractivity contribution < 1.29 is 0 Å². The first kappa shape index (κ1) is 5.89. The van der Waals surface area contributed by atoms with Crippen LogP contribution in [-0.4, -0.2) is 7.85 Å². The molecule has 0 unspecified atom stereocenters. The highest BCUT2D eigenvalue weighted by atomic mass is 32.1. The molecule has 0 nitrogen and oxygen atoms in total. The van der Waals surface area contributed by atoms with Crippen molar-refractivity contribution in [1.82, 2.24) is 0 Å². The van der Waals surface area contributed by atoms with Crippen LogP contribution in [0.25, 0.3) is 0 Å². The first-order valence-electron chi connectivity index (χ1n) is 2.66. The van der Waals surface area contributed by atoms with Crippen LogP contribution in [0.2, 0.25) is 0 Å². The second-order valence-electron chi connectivity index (χ2n) is 1.70. The van der Waals surface area contributed by atoms with Crippen molar-refractivity contribution in [2.24, 2.45) is 0 Å². The van der Waals surface area contributed by atoms with Gasteiger partial charge in [0.1, 0.15) is 7.85 Å². The largest absolute Gasteiger partial charge is 0.150 e. The van der Waals surface area contributed by atoms with Gasteiger partial charge >= 0.3 is 0 Å². The normalized spacial score (nSPS) is 9.62. The molecule has 0 atom stereocenters. The summed E-state index contributed by atoms with van der Waals surface area (Å²) in [5, 5.41) is 1.97. The van der Waals surface area contributed by atoms with Crippen molar-refractivity contribution in [2.75, 3.05) is 0 Å². The highest BCUT2D eigenvalue weighted by molar-refractivity contribution is 7.10. The Labute approximate surface area is 55.0 Å². The molecular formula is C6H7BS. The van der Waals surface area contributed by atoms with Gasteiger partial charge in [-0.1, -0.05) is 18.5 Å². The van der Waals surface area contributed by atoms with Gasteiger partial charge < -0.3 is 0 Å². The summed E-state index contributed by atoms with van der Waals surface area (Å²) in [5.41, 5.74) is 0.895. The molecule has 0 N–H and O–H groups in total. The van der Waals surface area contributed by atoms with Gasteiger partial charge in [0.05, 0.1) is 0 Å². The minimum absolute atomic E-state index is 0.895. The Kier molecular flexibility index (Phi) is 1.74. The molecule has 0 spiro atoms. The lowest BCUT2D eigenvalue weighted by Gasteiger charge is -1.80. The molecule has 1 aromatic rings. The topological polar surface area (TPSA) is 0 Å². The molecule has 0 aliphatic rings. The molecule has 0 bridgehead atoms. The molecular weight excluding hydrogens is 115 g/mol. The Morgan fingerprint density at radius 3 is 2.75 bits per heavy atom. The van der Waals surface area contributed by atoms with Crippen molar-refractivity contribution in [2.45, 2.75) is 13.3 Å². The summed E-state index contributed by atoms with van der Waals surface area (Å²) in [6.07, 6.45) is 1.10. The average Bonchev–Trinajstić information content (AvgIpc) is 2.14. The summed E-state index contributed by atoms with van der Waals surface area (Å²) in [4.78, 5) is 1.36. The van der Waals surface area contributed by atoms with Crippen LogP contribution in [0.5, 0.6) is 0 Å². The zero-order valence-corrected chi connectivity index (χ0v) is 5.66. The van der Waals surface area contributed by atoms with Crippen LogP contribution >= 0.6 is 11.3 Å². The van der Waals surface area contributed by atoms with Crippen LogP contribution < -0.4 is 5.46 Å². The van der Waals surface area contributed by atoms with Gasteiger partial charge in [-0.05, 0) is 11.8 Å². The summed E-state index contributed by atoms with van der Waals surface area (Å²) >= 11 is 1.72. The smallest absolute Gasteiger partial charge is 0.114 e. The van der Waals surface area contributed by atoms with Crippen LogP contribution in [0.1, 0.15) is 11.8 Å². The number of hydrogen-bond donors (Lipinski definition) is 0. The monoisotopic (exact) mass is 122 g/mol. The Bertz CT molecular complexity index is 169. The molecule has 1 heterocycles. The first-order chi connectivity index (χ1) is 3.83. The van der Waals surface area contributed by atoms with E-state index >= 15 is 0 Å². The first-order valence-corrected chi connectivity index (χ1v) is 3.53. The van der Waals surface area contributed by atoms with Gasteiger partial charge in [-0.15, -0.1) is 11.3 Å². The van der Waals surface area contributed by atoms with Crippen molar-refractivity contribution in [3.8, 4) is 0 Å². The van der Waals surface area contributed by atoms with E-state index in [2.05, 4.69) is 6.92 Å².